The average molecular weight is 1620 g/mol. The summed E-state index contributed by atoms with van der Waals surface area (Å²) in [5.41, 5.74) is 0. The minimum atomic E-state index is -0.909. The summed E-state index contributed by atoms with van der Waals surface area (Å²) >= 11 is 3.42. The fourth-order valence-electron chi connectivity index (χ4n) is 10.6. The molecular formula is C85H166O12Sn2. The van der Waals surface area contributed by atoms with E-state index in [0.29, 0.717) is 0 Å². The Morgan fingerprint density at radius 3 is 0.444 bits per heavy atom. The first-order chi connectivity index (χ1) is 47.7. The zero-order valence-electron chi connectivity index (χ0n) is 67.6. The molecule has 0 aromatic rings. The van der Waals surface area contributed by atoms with Crippen LogP contribution in [0.2, 0.25) is 8.87 Å². The van der Waals surface area contributed by atoms with E-state index in [1.165, 1.54) is 298 Å². The van der Waals surface area contributed by atoms with Crippen LogP contribution in [-0.4, -0.2) is 80.9 Å². The van der Waals surface area contributed by atoms with Gasteiger partial charge in [-0.1, -0.05) is 332 Å². The number of carbonyl (C=O) groups is 6. The maximum absolute atomic E-state index is 10.4. The Morgan fingerprint density at radius 1 is 0.202 bits per heavy atom. The van der Waals surface area contributed by atoms with Crippen LogP contribution in [0.4, 0.5) is 0 Å². The monoisotopic (exact) mass is 1620 g/mol. The Kier molecular flexibility index (Phi) is 123. The number of unbranched alkanes of at least 4 members (excludes halogenated alkanes) is 49. The van der Waals surface area contributed by atoms with Crippen LogP contribution in [0, 0.1) is 17.8 Å². The summed E-state index contributed by atoms with van der Waals surface area (Å²) in [7, 11) is 0. The fraction of sp³-hybridized carbons (Fsp3) is 0.929. The molecule has 0 spiro atoms. The number of carboxylic acid groups (broad SMARTS) is 6. The summed E-state index contributed by atoms with van der Waals surface area (Å²) in [6, 6.07) is 0. The predicted molar refractivity (Wildman–Crippen MR) is 415 cm³/mol. The number of carboxylic acids is 6. The molecule has 99 heavy (non-hydrogen) atoms. The molecule has 0 bridgehead atoms. The van der Waals surface area contributed by atoms with E-state index >= 15 is 0 Å². The zero-order chi connectivity index (χ0) is 76.2. The summed E-state index contributed by atoms with van der Waals surface area (Å²) in [6.45, 7) is 23.0. The molecule has 12 nitrogen and oxygen atoms in total. The molecule has 0 amide bonds. The fourth-order valence-corrected chi connectivity index (χ4v) is 12.0. The van der Waals surface area contributed by atoms with E-state index in [-0.39, 0.29) is 37.0 Å². The topological polar surface area (TPSA) is 241 Å². The quantitative estimate of drug-likeness (QED) is 0.0408. The van der Waals surface area contributed by atoms with E-state index in [1.807, 2.05) is 0 Å². The van der Waals surface area contributed by atoms with E-state index in [0.717, 1.165) is 96.3 Å². The maximum atomic E-state index is 10.4. The van der Waals surface area contributed by atoms with Crippen molar-refractivity contribution >= 4 is 80.9 Å². The molecular weight excluding hydrogens is 1450 g/mol. The Morgan fingerprint density at radius 2 is 0.323 bits per heavy atom. The molecule has 0 fully saturated rings. The Bertz CT molecular complexity index is 1360. The van der Waals surface area contributed by atoms with Gasteiger partial charge in [0.2, 0.25) is 0 Å². The molecule has 0 saturated heterocycles. The first-order valence-corrected chi connectivity index (χ1v) is 46.2. The van der Waals surface area contributed by atoms with Crippen LogP contribution in [0.1, 0.15) is 481 Å². The molecule has 586 valence electrons. The summed E-state index contributed by atoms with van der Waals surface area (Å²) in [6.07, 6.45) is 75.1. The van der Waals surface area contributed by atoms with Crippen LogP contribution in [0.3, 0.4) is 0 Å². The van der Waals surface area contributed by atoms with Gasteiger partial charge in [-0.25, -0.2) is 0 Å². The van der Waals surface area contributed by atoms with Crippen molar-refractivity contribution in [1.29, 1.82) is 0 Å². The van der Waals surface area contributed by atoms with E-state index in [9.17, 15) is 59.4 Å². The first kappa shape index (κ1) is 113. The van der Waals surface area contributed by atoms with Crippen molar-refractivity contribution in [3.63, 3.8) is 0 Å². The average Bonchev–Trinajstić information content (AvgIpc) is 3.79. The van der Waals surface area contributed by atoms with Gasteiger partial charge >= 0.3 is 145 Å². The van der Waals surface area contributed by atoms with Crippen LogP contribution in [-0.2, 0) is 28.8 Å². The SMILES string of the molecule is CCCCCCCCC(C)C(=O)[O-].CCCCCCCCC(C)C(=O)[O-].CCCCCCCCC(C)C(=O)[O-].CCCCCCCCCCCC(=O)[O-].CCCCCCCCCCCC(=O)[O-].CCCCCCCCCCCC(=O)[O-].CCCCCCC[CH2][Sn+3].CCCCCCC[CH2][Sn+3]. The Labute approximate surface area is 643 Å². The van der Waals surface area contributed by atoms with E-state index in [2.05, 4.69) is 55.4 Å². The first-order valence-electron chi connectivity index (χ1n) is 42.2. The molecule has 0 heterocycles. The van der Waals surface area contributed by atoms with Crippen LogP contribution in [0.15, 0.2) is 0 Å². The van der Waals surface area contributed by atoms with Gasteiger partial charge in [0, 0.05) is 35.8 Å². The number of hydrogen-bond donors (Lipinski definition) is 0. The van der Waals surface area contributed by atoms with Gasteiger partial charge in [0.15, 0.2) is 0 Å². The number of carbonyl (C=O) groups excluding carboxylic acids is 6. The van der Waals surface area contributed by atoms with Gasteiger partial charge in [-0.05, 0) is 75.5 Å². The van der Waals surface area contributed by atoms with Gasteiger partial charge in [0.05, 0.1) is 0 Å². The van der Waals surface area contributed by atoms with Crippen LogP contribution < -0.4 is 30.6 Å². The van der Waals surface area contributed by atoms with Crippen molar-refractivity contribution in [2.45, 2.75) is 490 Å². The summed E-state index contributed by atoms with van der Waals surface area (Å²) < 4.78 is 2.91. The van der Waals surface area contributed by atoms with E-state index < -0.39 is 35.8 Å². The molecule has 0 rings (SSSR count). The Hall–Kier alpha value is -1.58. The molecule has 3 unspecified atom stereocenters. The molecule has 3 atom stereocenters. The van der Waals surface area contributed by atoms with Crippen molar-refractivity contribution in [1.82, 2.24) is 0 Å². The van der Waals surface area contributed by atoms with Gasteiger partial charge < -0.3 is 59.4 Å². The third-order valence-electron chi connectivity index (χ3n) is 17.7. The second-order valence-corrected chi connectivity index (χ2v) is 31.1. The molecule has 0 aromatic carbocycles. The van der Waals surface area contributed by atoms with Crippen molar-refractivity contribution < 1.29 is 59.4 Å². The molecule has 0 aliphatic rings. The molecule has 0 radical (unpaired) electrons. The third-order valence-corrected chi connectivity index (χ3v) is 19.7. The molecule has 0 N–H and O–H groups in total. The molecule has 0 aliphatic carbocycles. The summed E-state index contributed by atoms with van der Waals surface area (Å²) in [5.74, 6) is -6.27. The Balaban J connectivity index is -0.000000160. The second-order valence-electron chi connectivity index (χ2n) is 28.2. The zero-order valence-corrected chi connectivity index (χ0v) is 73.3. The van der Waals surface area contributed by atoms with Gasteiger partial charge in [-0.15, -0.1) is 0 Å². The second kappa shape index (κ2) is 107. The molecule has 0 saturated carbocycles. The molecule has 0 aliphatic heterocycles. The number of rotatable bonds is 66. The van der Waals surface area contributed by atoms with E-state index in [4.69, 9.17) is 0 Å². The molecule has 14 heteroatoms. The van der Waals surface area contributed by atoms with Gasteiger partial charge in [0.1, 0.15) is 0 Å². The van der Waals surface area contributed by atoms with Gasteiger partial charge in [-0.2, -0.15) is 0 Å². The van der Waals surface area contributed by atoms with Crippen molar-refractivity contribution in [2.24, 2.45) is 17.8 Å². The van der Waals surface area contributed by atoms with Crippen LogP contribution in [0.5, 0.6) is 0 Å². The minimum absolute atomic E-state index is 0.232. The number of hydrogen-bond acceptors (Lipinski definition) is 12. The van der Waals surface area contributed by atoms with Crippen LogP contribution in [0.25, 0.3) is 0 Å². The summed E-state index contributed by atoms with van der Waals surface area (Å²) in [5, 5.41) is 61.3. The van der Waals surface area contributed by atoms with Crippen molar-refractivity contribution in [3.8, 4) is 0 Å². The van der Waals surface area contributed by atoms with Gasteiger partial charge in [0.25, 0.3) is 0 Å². The van der Waals surface area contributed by atoms with Gasteiger partial charge in [-0.3, -0.25) is 0 Å². The van der Waals surface area contributed by atoms with Crippen LogP contribution >= 0.6 is 0 Å². The predicted octanol–water partition coefficient (Wildman–Crippen LogP) is 20.2. The molecule has 0 aromatic heterocycles. The summed E-state index contributed by atoms with van der Waals surface area (Å²) in [4.78, 5) is 61.3. The standard InChI is InChI=1S/3C12H24O2.3C11H22O2.2C8H17.2Sn/c3*1-2-3-4-5-6-7-8-9-10-11-12(13)14;3*1-3-4-5-6-7-8-9-10(2)11(12)13;2*1-3-5-7-8-6-4-2;;/h3*2-11H2,1H3,(H,13,14);3*10H,3-9H2,1-2H3,(H,12,13);2*1,3-8H2,2H3;;/q;;;;;;;;2*+3/p-6. The number of aliphatic carboxylic acids is 6. The van der Waals surface area contributed by atoms with Crippen molar-refractivity contribution in [2.75, 3.05) is 0 Å². The van der Waals surface area contributed by atoms with E-state index in [1.54, 1.807) is 65.8 Å². The normalized spacial score (nSPS) is 11.3. The third kappa shape index (κ3) is 136. The van der Waals surface area contributed by atoms with Crippen molar-refractivity contribution in [3.05, 3.63) is 0 Å².